The topological polar surface area (TPSA) is 66.8 Å². The van der Waals surface area contributed by atoms with Crippen molar-refractivity contribution in [3.63, 3.8) is 0 Å². The summed E-state index contributed by atoms with van der Waals surface area (Å²) in [6.07, 6.45) is 3.32. The molecule has 1 aliphatic carbocycles. The first-order valence-corrected chi connectivity index (χ1v) is 6.10. The summed E-state index contributed by atoms with van der Waals surface area (Å²) >= 11 is 0. The van der Waals surface area contributed by atoms with Crippen LogP contribution in [0.2, 0.25) is 0 Å². The smallest absolute Gasteiger partial charge is 0.309 e. The maximum Gasteiger partial charge on any atom is 0.309 e. The summed E-state index contributed by atoms with van der Waals surface area (Å²) in [7, 11) is 0. The lowest BCUT2D eigenvalue weighted by Crippen LogP contribution is -2.55. The molecule has 1 rings (SSSR count). The number of ether oxygens (including phenoxy) is 1. The van der Waals surface area contributed by atoms with Gasteiger partial charge in [-0.25, -0.2) is 0 Å². The molecule has 0 heterocycles. The van der Waals surface area contributed by atoms with Crippen LogP contribution in [-0.2, 0) is 9.53 Å². The Labute approximate surface area is 96.6 Å². The van der Waals surface area contributed by atoms with Crippen molar-refractivity contribution in [3.05, 3.63) is 0 Å². The van der Waals surface area contributed by atoms with Crippen molar-refractivity contribution in [3.8, 4) is 0 Å². The fraction of sp³-hybridized carbons (Fsp3) is 0.917. The van der Waals surface area contributed by atoms with Gasteiger partial charge in [-0.2, -0.15) is 0 Å². The van der Waals surface area contributed by atoms with Crippen LogP contribution in [0.1, 0.15) is 46.0 Å². The number of rotatable bonds is 7. The average Bonchev–Trinajstić information content (AvgIpc) is 2.16. The maximum absolute atomic E-state index is 11.1. The van der Waals surface area contributed by atoms with E-state index in [1.165, 1.54) is 0 Å². The van der Waals surface area contributed by atoms with Gasteiger partial charge in [0.15, 0.2) is 0 Å². The zero-order valence-corrected chi connectivity index (χ0v) is 10.1. The minimum atomic E-state index is -1.04. The minimum Gasteiger partial charge on any atom is -0.481 e. The molecule has 0 aromatic rings. The zero-order valence-electron chi connectivity index (χ0n) is 10.1. The average molecular weight is 230 g/mol. The first-order chi connectivity index (χ1) is 7.53. The van der Waals surface area contributed by atoms with Crippen molar-refractivity contribution in [2.75, 3.05) is 6.61 Å². The molecule has 4 heteroatoms. The fourth-order valence-corrected chi connectivity index (χ4v) is 2.40. The number of carboxylic acid groups (broad SMARTS) is 1. The van der Waals surface area contributed by atoms with E-state index in [0.29, 0.717) is 25.9 Å². The zero-order chi connectivity index (χ0) is 12.2. The largest absolute Gasteiger partial charge is 0.481 e. The number of aliphatic hydroxyl groups is 1. The van der Waals surface area contributed by atoms with Crippen molar-refractivity contribution in [2.24, 2.45) is 5.92 Å². The van der Waals surface area contributed by atoms with E-state index in [4.69, 9.17) is 9.84 Å². The summed E-state index contributed by atoms with van der Waals surface area (Å²) in [4.78, 5) is 11.1. The molecule has 0 bridgehead atoms. The van der Waals surface area contributed by atoms with Gasteiger partial charge in [-0.3, -0.25) is 4.79 Å². The first-order valence-electron chi connectivity index (χ1n) is 6.10. The van der Waals surface area contributed by atoms with Crippen LogP contribution in [0.4, 0.5) is 0 Å². The van der Waals surface area contributed by atoms with Crippen molar-refractivity contribution >= 4 is 5.97 Å². The second-order valence-corrected chi connectivity index (χ2v) is 4.62. The Hall–Kier alpha value is -0.610. The lowest BCUT2D eigenvalue weighted by molar-refractivity contribution is -0.185. The van der Waals surface area contributed by atoms with Crippen LogP contribution in [0.3, 0.4) is 0 Å². The summed E-state index contributed by atoms with van der Waals surface area (Å²) in [6, 6.07) is 0. The van der Waals surface area contributed by atoms with Crippen molar-refractivity contribution < 1.29 is 19.7 Å². The van der Waals surface area contributed by atoms with E-state index in [2.05, 4.69) is 0 Å². The number of carboxylic acids is 1. The van der Waals surface area contributed by atoms with E-state index in [1.807, 2.05) is 13.8 Å². The van der Waals surface area contributed by atoms with Gasteiger partial charge in [-0.15, -0.1) is 0 Å². The molecular weight excluding hydrogens is 208 g/mol. The molecule has 16 heavy (non-hydrogen) atoms. The predicted octanol–water partition coefficient (Wildman–Crippen LogP) is 1.81. The predicted molar refractivity (Wildman–Crippen MR) is 60.2 cm³/mol. The maximum atomic E-state index is 11.1. The molecule has 0 amide bonds. The van der Waals surface area contributed by atoms with Crippen LogP contribution >= 0.6 is 0 Å². The molecule has 1 unspecified atom stereocenters. The Morgan fingerprint density at radius 2 is 2.12 bits per heavy atom. The molecule has 0 radical (unpaired) electrons. The number of carbonyl (C=O) groups is 1. The third-order valence-corrected chi connectivity index (χ3v) is 3.36. The highest BCUT2D eigenvalue weighted by molar-refractivity contribution is 5.71. The quantitative estimate of drug-likeness (QED) is 0.700. The van der Waals surface area contributed by atoms with Gasteiger partial charge in [0.05, 0.1) is 17.6 Å². The van der Waals surface area contributed by atoms with E-state index in [9.17, 15) is 9.90 Å². The molecular formula is C12H22O4. The molecule has 1 fully saturated rings. The minimum absolute atomic E-state index is 0.0403. The van der Waals surface area contributed by atoms with Gasteiger partial charge in [0.25, 0.3) is 0 Å². The summed E-state index contributed by atoms with van der Waals surface area (Å²) < 4.78 is 5.35. The van der Waals surface area contributed by atoms with Crippen LogP contribution in [0.15, 0.2) is 0 Å². The van der Waals surface area contributed by atoms with E-state index >= 15 is 0 Å². The molecule has 0 aliphatic heterocycles. The van der Waals surface area contributed by atoms with Crippen LogP contribution in [-0.4, -0.2) is 34.5 Å². The molecule has 0 saturated heterocycles. The molecule has 1 saturated carbocycles. The number of hydrogen-bond acceptors (Lipinski definition) is 3. The fourth-order valence-electron chi connectivity index (χ4n) is 2.40. The lowest BCUT2D eigenvalue weighted by atomic mass is 9.67. The summed E-state index contributed by atoms with van der Waals surface area (Å²) in [5, 5.41) is 19.3. The van der Waals surface area contributed by atoms with Crippen LogP contribution in [0.25, 0.3) is 0 Å². The van der Waals surface area contributed by atoms with Crippen LogP contribution < -0.4 is 0 Å². The summed E-state index contributed by atoms with van der Waals surface area (Å²) in [6.45, 7) is 4.54. The highest BCUT2D eigenvalue weighted by Crippen LogP contribution is 2.42. The third kappa shape index (κ3) is 2.95. The van der Waals surface area contributed by atoms with Crippen LogP contribution in [0, 0.1) is 5.92 Å². The van der Waals surface area contributed by atoms with Gasteiger partial charge in [-0.05, 0) is 13.3 Å². The monoisotopic (exact) mass is 230 g/mol. The SMILES string of the molecule is CCCCC(C(=O)O)C1(O)CC(OCC)C1. The van der Waals surface area contributed by atoms with E-state index in [0.717, 1.165) is 12.8 Å². The van der Waals surface area contributed by atoms with Crippen LogP contribution in [0.5, 0.6) is 0 Å². The Morgan fingerprint density at radius 1 is 1.50 bits per heavy atom. The molecule has 0 spiro atoms. The molecule has 94 valence electrons. The molecule has 1 aliphatic rings. The van der Waals surface area contributed by atoms with E-state index in [1.54, 1.807) is 0 Å². The summed E-state index contributed by atoms with van der Waals surface area (Å²) in [5.41, 5.74) is -1.04. The van der Waals surface area contributed by atoms with Gasteiger partial charge in [-0.1, -0.05) is 19.8 Å². The number of aliphatic carboxylic acids is 1. The van der Waals surface area contributed by atoms with Gasteiger partial charge in [0.1, 0.15) is 0 Å². The Kier molecular flexibility index (Phi) is 4.74. The van der Waals surface area contributed by atoms with Crippen molar-refractivity contribution in [1.82, 2.24) is 0 Å². The number of unbranched alkanes of at least 4 members (excludes halogenated alkanes) is 1. The second-order valence-electron chi connectivity index (χ2n) is 4.62. The van der Waals surface area contributed by atoms with Gasteiger partial charge >= 0.3 is 5.97 Å². The first kappa shape index (κ1) is 13.5. The van der Waals surface area contributed by atoms with Crippen molar-refractivity contribution in [1.29, 1.82) is 0 Å². The molecule has 2 N–H and O–H groups in total. The number of hydrogen-bond donors (Lipinski definition) is 2. The molecule has 1 atom stereocenters. The highest BCUT2D eigenvalue weighted by atomic mass is 16.5. The summed E-state index contributed by atoms with van der Waals surface area (Å²) in [5.74, 6) is -1.52. The second kappa shape index (κ2) is 5.64. The highest BCUT2D eigenvalue weighted by Gasteiger charge is 2.51. The molecule has 0 aromatic carbocycles. The Balaban J connectivity index is 2.49. The standard InChI is InChI=1S/C12H22O4/c1-3-5-6-10(11(13)14)12(15)7-9(8-12)16-4-2/h9-10,15H,3-8H2,1-2H3,(H,13,14). The van der Waals surface area contributed by atoms with Crippen molar-refractivity contribution in [2.45, 2.75) is 57.7 Å². The molecule has 4 nitrogen and oxygen atoms in total. The molecule has 0 aromatic heterocycles. The Morgan fingerprint density at radius 3 is 2.56 bits per heavy atom. The van der Waals surface area contributed by atoms with Gasteiger partial charge in [0.2, 0.25) is 0 Å². The van der Waals surface area contributed by atoms with E-state index < -0.39 is 17.5 Å². The van der Waals surface area contributed by atoms with Gasteiger partial charge in [0, 0.05) is 19.4 Å². The lowest BCUT2D eigenvalue weighted by Gasteiger charge is -2.46. The normalized spacial score (nSPS) is 30.8. The Bertz CT molecular complexity index is 233. The van der Waals surface area contributed by atoms with Gasteiger partial charge < -0.3 is 14.9 Å². The third-order valence-electron chi connectivity index (χ3n) is 3.36. The van der Waals surface area contributed by atoms with E-state index in [-0.39, 0.29) is 6.10 Å².